The van der Waals surface area contributed by atoms with Gasteiger partial charge >= 0.3 is 5.97 Å². The topological polar surface area (TPSA) is 63.6 Å². The number of hydrogen-bond donors (Lipinski definition) is 1. The zero-order valence-corrected chi connectivity index (χ0v) is 7.61. The Hall–Kier alpha value is -1.16. The lowest BCUT2D eigenvalue weighted by Gasteiger charge is -2.21. The Kier molecular flexibility index (Phi) is 2.52. The fourth-order valence-corrected chi connectivity index (χ4v) is 1.31. The summed E-state index contributed by atoms with van der Waals surface area (Å²) in [6, 6.07) is 0. The van der Waals surface area contributed by atoms with E-state index in [2.05, 4.69) is 4.74 Å². The summed E-state index contributed by atoms with van der Waals surface area (Å²) >= 11 is 0. The second-order valence-electron chi connectivity index (χ2n) is 3.15. The Morgan fingerprint density at radius 3 is 2.77 bits per heavy atom. The van der Waals surface area contributed by atoms with E-state index in [0.717, 1.165) is 0 Å². The van der Waals surface area contributed by atoms with Crippen molar-refractivity contribution in [2.75, 3.05) is 6.61 Å². The number of allylic oxidation sites excluding steroid dienone is 1. The smallest absolute Gasteiger partial charge is 0.320 e. The van der Waals surface area contributed by atoms with Gasteiger partial charge in [-0.05, 0) is 26.0 Å². The van der Waals surface area contributed by atoms with Crippen molar-refractivity contribution < 1.29 is 19.4 Å². The van der Waals surface area contributed by atoms with E-state index in [1.165, 1.54) is 19.1 Å². The molecule has 13 heavy (non-hydrogen) atoms. The number of hydrogen-bond acceptors (Lipinski definition) is 4. The number of ketones is 1. The van der Waals surface area contributed by atoms with Gasteiger partial charge in [-0.2, -0.15) is 0 Å². The first-order valence-corrected chi connectivity index (χ1v) is 4.11. The fourth-order valence-electron chi connectivity index (χ4n) is 1.31. The van der Waals surface area contributed by atoms with Crippen LogP contribution in [0.15, 0.2) is 12.2 Å². The van der Waals surface area contributed by atoms with Crippen molar-refractivity contribution in [3.63, 3.8) is 0 Å². The summed E-state index contributed by atoms with van der Waals surface area (Å²) in [6.07, 6.45) is 2.53. The first-order valence-electron chi connectivity index (χ1n) is 4.11. The molecule has 1 rings (SSSR count). The van der Waals surface area contributed by atoms with Gasteiger partial charge in [-0.25, -0.2) is 0 Å². The van der Waals surface area contributed by atoms with E-state index in [9.17, 15) is 14.7 Å². The van der Waals surface area contributed by atoms with Crippen molar-refractivity contribution in [3.8, 4) is 0 Å². The molecular formula is C9H12O4. The van der Waals surface area contributed by atoms with Crippen LogP contribution in [0.4, 0.5) is 0 Å². The van der Waals surface area contributed by atoms with Crippen LogP contribution in [-0.2, 0) is 14.3 Å². The molecule has 0 spiro atoms. The van der Waals surface area contributed by atoms with E-state index in [1.807, 2.05) is 0 Å². The Morgan fingerprint density at radius 1 is 1.77 bits per heavy atom. The van der Waals surface area contributed by atoms with E-state index in [0.29, 0.717) is 0 Å². The molecule has 0 saturated heterocycles. The minimum absolute atomic E-state index is 0.207. The molecule has 4 nitrogen and oxygen atoms in total. The van der Waals surface area contributed by atoms with Crippen molar-refractivity contribution in [2.24, 2.45) is 5.92 Å². The zero-order chi connectivity index (χ0) is 10.1. The third-order valence-electron chi connectivity index (χ3n) is 1.98. The first kappa shape index (κ1) is 9.92. The van der Waals surface area contributed by atoms with Crippen LogP contribution in [-0.4, -0.2) is 29.1 Å². The highest BCUT2D eigenvalue weighted by atomic mass is 16.5. The van der Waals surface area contributed by atoms with Crippen LogP contribution in [0.1, 0.15) is 13.8 Å². The van der Waals surface area contributed by atoms with Crippen LogP contribution < -0.4 is 0 Å². The van der Waals surface area contributed by atoms with E-state index in [1.54, 1.807) is 6.92 Å². The van der Waals surface area contributed by atoms with Crippen LogP contribution in [0, 0.1) is 5.92 Å². The van der Waals surface area contributed by atoms with Crippen LogP contribution in [0.3, 0.4) is 0 Å². The van der Waals surface area contributed by atoms with Crippen LogP contribution in [0.5, 0.6) is 0 Å². The molecule has 0 bridgehead atoms. The molecule has 1 N–H and O–H groups in total. The number of aliphatic hydroxyl groups is 1. The van der Waals surface area contributed by atoms with Gasteiger partial charge < -0.3 is 9.84 Å². The van der Waals surface area contributed by atoms with Gasteiger partial charge in [-0.1, -0.05) is 0 Å². The van der Waals surface area contributed by atoms with Gasteiger partial charge in [0.25, 0.3) is 0 Å². The molecule has 72 valence electrons. The van der Waals surface area contributed by atoms with E-state index < -0.39 is 23.3 Å². The summed E-state index contributed by atoms with van der Waals surface area (Å²) in [5, 5.41) is 9.61. The van der Waals surface area contributed by atoms with Gasteiger partial charge in [0.2, 0.25) is 0 Å². The Labute approximate surface area is 76.2 Å². The Morgan fingerprint density at radius 2 is 2.38 bits per heavy atom. The van der Waals surface area contributed by atoms with Gasteiger partial charge in [0.1, 0.15) is 5.60 Å². The summed E-state index contributed by atoms with van der Waals surface area (Å²) in [5.74, 6) is -2.15. The van der Waals surface area contributed by atoms with E-state index in [-0.39, 0.29) is 6.61 Å². The predicted molar refractivity (Wildman–Crippen MR) is 44.9 cm³/mol. The number of ether oxygens (including phenoxy) is 1. The standard InChI is InChI=1S/C9H12O4/c1-3-13-8(11)7-6(10)4-5-9(7,2)12/h4-5,7,12H,3H2,1-2H3. The lowest BCUT2D eigenvalue weighted by molar-refractivity contribution is -0.156. The quantitative estimate of drug-likeness (QED) is 0.486. The van der Waals surface area contributed by atoms with Crippen molar-refractivity contribution >= 4 is 11.8 Å². The minimum atomic E-state index is -1.40. The van der Waals surface area contributed by atoms with Crippen LogP contribution in [0.25, 0.3) is 0 Å². The summed E-state index contributed by atoms with van der Waals surface area (Å²) < 4.78 is 4.67. The molecule has 0 radical (unpaired) electrons. The molecule has 0 aromatic rings. The molecule has 2 unspecified atom stereocenters. The first-order chi connectivity index (χ1) is 5.99. The minimum Gasteiger partial charge on any atom is -0.465 e. The van der Waals surface area contributed by atoms with Gasteiger partial charge in [0.15, 0.2) is 11.7 Å². The third kappa shape index (κ3) is 1.78. The van der Waals surface area contributed by atoms with E-state index in [4.69, 9.17) is 0 Å². The Balaban J connectivity index is 2.80. The maximum Gasteiger partial charge on any atom is 0.320 e. The molecule has 0 aromatic heterocycles. The highest BCUT2D eigenvalue weighted by Gasteiger charge is 2.45. The summed E-state index contributed by atoms with van der Waals surface area (Å²) in [5.41, 5.74) is -1.40. The number of rotatable bonds is 2. The summed E-state index contributed by atoms with van der Waals surface area (Å²) in [7, 11) is 0. The predicted octanol–water partition coefficient (Wildman–Crippen LogP) is 0.0556. The van der Waals surface area contributed by atoms with Crippen molar-refractivity contribution in [1.82, 2.24) is 0 Å². The van der Waals surface area contributed by atoms with Gasteiger partial charge in [-0.3, -0.25) is 9.59 Å². The molecule has 0 amide bonds. The average molecular weight is 184 g/mol. The largest absolute Gasteiger partial charge is 0.465 e. The fraction of sp³-hybridized carbons (Fsp3) is 0.556. The SMILES string of the molecule is CCOC(=O)C1C(=O)C=CC1(C)O. The molecule has 0 aliphatic heterocycles. The summed E-state index contributed by atoms with van der Waals surface area (Å²) in [4.78, 5) is 22.4. The van der Waals surface area contributed by atoms with E-state index >= 15 is 0 Å². The molecule has 1 aliphatic carbocycles. The zero-order valence-electron chi connectivity index (χ0n) is 7.61. The van der Waals surface area contributed by atoms with Crippen molar-refractivity contribution in [2.45, 2.75) is 19.4 Å². The maximum atomic E-state index is 11.2. The monoisotopic (exact) mass is 184 g/mol. The van der Waals surface area contributed by atoms with Crippen molar-refractivity contribution in [1.29, 1.82) is 0 Å². The third-order valence-corrected chi connectivity index (χ3v) is 1.98. The van der Waals surface area contributed by atoms with Crippen LogP contribution >= 0.6 is 0 Å². The molecule has 0 heterocycles. The lowest BCUT2D eigenvalue weighted by Crippen LogP contribution is -2.39. The normalized spacial score (nSPS) is 32.2. The molecule has 4 heteroatoms. The molecule has 2 atom stereocenters. The van der Waals surface area contributed by atoms with Gasteiger partial charge in [-0.15, -0.1) is 0 Å². The van der Waals surface area contributed by atoms with Crippen LogP contribution in [0.2, 0.25) is 0 Å². The lowest BCUT2D eigenvalue weighted by atomic mass is 9.92. The Bertz CT molecular complexity index is 265. The molecule has 1 aliphatic rings. The molecule has 0 aromatic carbocycles. The summed E-state index contributed by atoms with van der Waals surface area (Å²) in [6.45, 7) is 3.27. The molecule has 0 fully saturated rings. The highest BCUT2D eigenvalue weighted by molar-refractivity contribution is 6.08. The number of carbonyl (C=O) groups is 2. The number of esters is 1. The molecule has 0 saturated carbocycles. The molecular weight excluding hydrogens is 172 g/mol. The number of carbonyl (C=O) groups excluding carboxylic acids is 2. The second kappa shape index (κ2) is 3.30. The second-order valence-corrected chi connectivity index (χ2v) is 3.15. The van der Waals surface area contributed by atoms with Gasteiger partial charge in [0.05, 0.1) is 6.61 Å². The maximum absolute atomic E-state index is 11.2. The average Bonchev–Trinajstić information content (AvgIpc) is 2.26. The van der Waals surface area contributed by atoms with Gasteiger partial charge in [0, 0.05) is 0 Å². The highest BCUT2D eigenvalue weighted by Crippen LogP contribution is 2.27. The van der Waals surface area contributed by atoms with Crippen molar-refractivity contribution in [3.05, 3.63) is 12.2 Å².